The van der Waals surface area contributed by atoms with Crippen LogP contribution in [0.15, 0.2) is 0 Å². The molecule has 100 valence electrons. The Labute approximate surface area is 106 Å². The first-order valence-electron chi connectivity index (χ1n) is 7.05. The van der Waals surface area contributed by atoms with Gasteiger partial charge in [0.15, 0.2) is 0 Å². The number of hydrogen-bond acceptors (Lipinski definition) is 2. The van der Waals surface area contributed by atoms with Crippen molar-refractivity contribution in [3.05, 3.63) is 0 Å². The van der Waals surface area contributed by atoms with E-state index < -0.39 is 0 Å². The predicted octanol–water partition coefficient (Wildman–Crippen LogP) is 2.46. The Morgan fingerprint density at radius 3 is 2.41 bits per heavy atom. The standard InChI is InChI=1S/C14H28N2O/c1-5-13(4,6-2)16-12(17)14(7-3)9-8-10-15-11-14/h15H,5-11H2,1-4H3,(H,16,17). The van der Waals surface area contributed by atoms with Crippen molar-refractivity contribution in [3.8, 4) is 0 Å². The minimum Gasteiger partial charge on any atom is -0.350 e. The molecule has 1 fully saturated rings. The second kappa shape index (κ2) is 5.85. The van der Waals surface area contributed by atoms with Gasteiger partial charge in [0.1, 0.15) is 0 Å². The Morgan fingerprint density at radius 2 is 2.00 bits per heavy atom. The van der Waals surface area contributed by atoms with Crippen LogP contribution < -0.4 is 10.6 Å². The lowest BCUT2D eigenvalue weighted by Gasteiger charge is -2.39. The molecule has 1 aliphatic rings. The molecule has 0 bridgehead atoms. The van der Waals surface area contributed by atoms with E-state index in [2.05, 4.69) is 38.3 Å². The average molecular weight is 240 g/mol. The molecular weight excluding hydrogens is 212 g/mol. The van der Waals surface area contributed by atoms with E-state index in [1.807, 2.05) is 0 Å². The SMILES string of the molecule is CCC(C)(CC)NC(=O)C1(CC)CCCNC1. The van der Waals surface area contributed by atoms with E-state index in [4.69, 9.17) is 0 Å². The number of carbonyl (C=O) groups is 1. The molecule has 0 spiro atoms. The maximum atomic E-state index is 12.5. The number of nitrogens with one attached hydrogen (secondary N) is 2. The maximum Gasteiger partial charge on any atom is 0.227 e. The average Bonchev–Trinajstić information content (AvgIpc) is 2.39. The van der Waals surface area contributed by atoms with Crippen LogP contribution in [0.4, 0.5) is 0 Å². The summed E-state index contributed by atoms with van der Waals surface area (Å²) in [6.45, 7) is 10.4. The van der Waals surface area contributed by atoms with Crippen molar-refractivity contribution >= 4 is 5.91 Å². The third-order valence-corrected chi connectivity index (χ3v) is 4.61. The van der Waals surface area contributed by atoms with Crippen molar-refractivity contribution < 1.29 is 4.79 Å². The summed E-state index contributed by atoms with van der Waals surface area (Å²) < 4.78 is 0. The Kier molecular flexibility index (Phi) is 4.99. The van der Waals surface area contributed by atoms with Gasteiger partial charge >= 0.3 is 0 Å². The van der Waals surface area contributed by atoms with Crippen LogP contribution in [0.25, 0.3) is 0 Å². The monoisotopic (exact) mass is 240 g/mol. The van der Waals surface area contributed by atoms with Crippen LogP contribution in [0, 0.1) is 5.41 Å². The summed E-state index contributed by atoms with van der Waals surface area (Å²) in [5, 5.41) is 6.64. The Morgan fingerprint density at radius 1 is 1.35 bits per heavy atom. The van der Waals surface area contributed by atoms with Gasteiger partial charge in [0.2, 0.25) is 5.91 Å². The van der Waals surface area contributed by atoms with Gasteiger partial charge in [0.05, 0.1) is 5.41 Å². The summed E-state index contributed by atoms with van der Waals surface area (Å²) in [7, 11) is 0. The third kappa shape index (κ3) is 3.21. The fourth-order valence-electron chi connectivity index (χ4n) is 2.46. The van der Waals surface area contributed by atoms with E-state index in [1.165, 1.54) is 0 Å². The number of rotatable bonds is 5. The molecule has 0 aromatic carbocycles. The maximum absolute atomic E-state index is 12.5. The zero-order valence-corrected chi connectivity index (χ0v) is 11.9. The molecule has 0 aliphatic carbocycles. The second-order valence-electron chi connectivity index (χ2n) is 5.64. The zero-order valence-electron chi connectivity index (χ0n) is 11.9. The quantitative estimate of drug-likeness (QED) is 0.775. The van der Waals surface area contributed by atoms with E-state index in [1.54, 1.807) is 0 Å². The van der Waals surface area contributed by atoms with Crippen LogP contribution in [-0.4, -0.2) is 24.5 Å². The smallest absolute Gasteiger partial charge is 0.227 e. The fourth-order valence-corrected chi connectivity index (χ4v) is 2.46. The topological polar surface area (TPSA) is 41.1 Å². The lowest BCUT2D eigenvalue weighted by atomic mass is 9.76. The molecule has 0 aromatic rings. The molecule has 0 radical (unpaired) electrons. The first-order valence-corrected chi connectivity index (χ1v) is 7.05. The molecule has 1 atom stereocenters. The van der Waals surface area contributed by atoms with Crippen LogP contribution in [0.3, 0.4) is 0 Å². The van der Waals surface area contributed by atoms with Gasteiger partial charge in [0, 0.05) is 12.1 Å². The van der Waals surface area contributed by atoms with Crippen molar-refractivity contribution in [1.82, 2.24) is 10.6 Å². The van der Waals surface area contributed by atoms with Crippen molar-refractivity contribution in [2.45, 2.75) is 65.3 Å². The van der Waals surface area contributed by atoms with Crippen LogP contribution >= 0.6 is 0 Å². The van der Waals surface area contributed by atoms with Gasteiger partial charge in [0.25, 0.3) is 0 Å². The minimum absolute atomic E-state index is 0.0449. The molecule has 0 aromatic heterocycles. The number of hydrogen-bond donors (Lipinski definition) is 2. The molecule has 1 heterocycles. The van der Waals surface area contributed by atoms with E-state index >= 15 is 0 Å². The lowest BCUT2D eigenvalue weighted by Crippen LogP contribution is -2.56. The van der Waals surface area contributed by atoms with Crippen molar-refractivity contribution in [2.75, 3.05) is 13.1 Å². The Hall–Kier alpha value is -0.570. The number of carbonyl (C=O) groups excluding carboxylic acids is 1. The molecule has 3 heteroatoms. The van der Waals surface area contributed by atoms with Gasteiger partial charge in [-0.15, -0.1) is 0 Å². The van der Waals surface area contributed by atoms with Gasteiger partial charge in [-0.25, -0.2) is 0 Å². The summed E-state index contributed by atoms with van der Waals surface area (Å²) in [4.78, 5) is 12.5. The van der Waals surface area contributed by atoms with Crippen LogP contribution in [-0.2, 0) is 4.79 Å². The second-order valence-corrected chi connectivity index (χ2v) is 5.64. The van der Waals surface area contributed by atoms with Gasteiger partial charge in [-0.05, 0) is 45.6 Å². The molecule has 1 amide bonds. The third-order valence-electron chi connectivity index (χ3n) is 4.61. The summed E-state index contributed by atoms with van der Waals surface area (Å²) in [5.74, 6) is 0.249. The summed E-state index contributed by atoms with van der Waals surface area (Å²) in [6, 6.07) is 0. The predicted molar refractivity (Wildman–Crippen MR) is 72.0 cm³/mol. The molecule has 0 saturated carbocycles. The highest BCUT2D eigenvalue weighted by atomic mass is 16.2. The summed E-state index contributed by atoms with van der Waals surface area (Å²) in [5.41, 5.74) is -0.222. The zero-order chi connectivity index (χ0) is 12.9. The van der Waals surface area contributed by atoms with E-state index in [0.717, 1.165) is 45.2 Å². The summed E-state index contributed by atoms with van der Waals surface area (Å²) >= 11 is 0. The molecule has 1 rings (SSSR count). The van der Waals surface area contributed by atoms with Gasteiger partial charge in [-0.1, -0.05) is 20.8 Å². The highest BCUT2D eigenvalue weighted by molar-refractivity contribution is 5.83. The molecule has 1 aliphatic heterocycles. The van der Waals surface area contributed by atoms with Crippen molar-refractivity contribution in [1.29, 1.82) is 0 Å². The fraction of sp³-hybridized carbons (Fsp3) is 0.929. The molecular formula is C14H28N2O. The molecule has 1 unspecified atom stereocenters. The minimum atomic E-state index is -0.177. The van der Waals surface area contributed by atoms with Crippen molar-refractivity contribution in [2.24, 2.45) is 5.41 Å². The lowest BCUT2D eigenvalue weighted by molar-refractivity contribution is -0.134. The molecule has 17 heavy (non-hydrogen) atoms. The highest BCUT2D eigenvalue weighted by Gasteiger charge is 2.39. The van der Waals surface area contributed by atoms with Gasteiger partial charge < -0.3 is 10.6 Å². The largest absolute Gasteiger partial charge is 0.350 e. The van der Waals surface area contributed by atoms with E-state index in [0.29, 0.717) is 0 Å². The highest BCUT2D eigenvalue weighted by Crippen LogP contribution is 2.31. The number of piperidine rings is 1. The van der Waals surface area contributed by atoms with Crippen molar-refractivity contribution in [3.63, 3.8) is 0 Å². The normalized spacial score (nSPS) is 25.6. The molecule has 2 N–H and O–H groups in total. The van der Waals surface area contributed by atoms with Gasteiger partial charge in [-0.2, -0.15) is 0 Å². The van der Waals surface area contributed by atoms with Crippen LogP contribution in [0.2, 0.25) is 0 Å². The molecule has 3 nitrogen and oxygen atoms in total. The van der Waals surface area contributed by atoms with E-state index in [-0.39, 0.29) is 16.9 Å². The van der Waals surface area contributed by atoms with Gasteiger partial charge in [-0.3, -0.25) is 4.79 Å². The van der Waals surface area contributed by atoms with E-state index in [9.17, 15) is 4.79 Å². The Balaban J connectivity index is 2.72. The number of amides is 1. The first-order chi connectivity index (χ1) is 8.02. The first kappa shape index (κ1) is 14.5. The van der Waals surface area contributed by atoms with Crippen LogP contribution in [0.5, 0.6) is 0 Å². The van der Waals surface area contributed by atoms with Crippen LogP contribution in [0.1, 0.15) is 59.8 Å². The molecule has 1 saturated heterocycles. The Bertz CT molecular complexity index is 253. The summed E-state index contributed by atoms with van der Waals surface area (Å²) in [6.07, 6.45) is 5.03.